The van der Waals surface area contributed by atoms with Crippen molar-refractivity contribution in [1.82, 2.24) is 14.5 Å². The van der Waals surface area contributed by atoms with Crippen LogP contribution in [0.25, 0.3) is 11.0 Å². The van der Waals surface area contributed by atoms with E-state index in [4.69, 9.17) is 0 Å². The van der Waals surface area contributed by atoms with Crippen molar-refractivity contribution in [2.24, 2.45) is 0 Å². The van der Waals surface area contributed by atoms with Crippen molar-refractivity contribution in [3.63, 3.8) is 0 Å². The van der Waals surface area contributed by atoms with Crippen molar-refractivity contribution in [3.05, 3.63) is 34.2 Å². The van der Waals surface area contributed by atoms with Crippen LogP contribution in [0.3, 0.4) is 0 Å². The van der Waals surface area contributed by atoms with Crippen LogP contribution in [0.1, 0.15) is 31.9 Å². The number of aromatic nitrogens is 2. The highest BCUT2D eigenvalue weighted by atomic mass is 19.4. The monoisotopic (exact) mass is 313 g/mol. The summed E-state index contributed by atoms with van der Waals surface area (Å²) < 4.78 is 40.7. The van der Waals surface area contributed by atoms with E-state index in [-0.39, 0.29) is 11.6 Å². The summed E-state index contributed by atoms with van der Waals surface area (Å²) in [6.07, 6.45) is -3.71. The molecule has 0 bridgehead atoms. The molecule has 7 heteroatoms. The Labute approximate surface area is 125 Å². The Kier molecular flexibility index (Phi) is 3.55. The summed E-state index contributed by atoms with van der Waals surface area (Å²) >= 11 is 0. The van der Waals surface area contributed by atoms with Gasteiger partial charge in [-0.15, -0.1) is 0 Å². The minimum absolute atomic E-state index is 0.0906. The zero-order valence-corrected chi connectivity index (χ0v) is 12.4. The largest absolute Gasteiger partial charge is 0.418 e. The lowest BCUT2D eigenvalue weighted by molar-refractivity contribution is -0.136. The standard InChI is InChI=1S/C15H18F3N3O/c1-9(2)20-7-6-10(8-20)21-12-5-3-4-11(15(16,17)18)13(12)19-14(21)22/h3-5,9-10H,6-8H2,1-2H3,(H,19,22). The first-order valence-electron chi connectivity index (χ1n) is 7.33. The molecule has 1 aromatic heterocycles. The molecule has 0 amide bonds. The molecular formula is C15H18F3N3O. The average molecular weight is 313 g/mol. The van der Waals surface area contributed by atoms with Gasteiger partial charge < -0.3 is 4.98 Å². The fourth-order valence-corrected chi connectivity index (χ4v) is 3.20. The summed E-state index contributed by atoms with van der Waals surface area (Å²) in [4.78, 5) is 16.8. The number of H-pyrrole nitrogens is 1. The topological polar surface area (TPSA) is 41.0 Å². The van der Waals surface area contributed by atoms with Crippen molar-refractivity contribution in [3.8, 4) is 0 Å². The van der Waals surface area contributed by atoms with Gasteiger partial charge in [0.15, 0.2) is 0 Å². The van der Waals surface area contributed by atoms with E-state index in [9.17, 15) is 18.0 Å². The molecule has 1 N–H and O–H groups in total. The third-order valence-electron chi connectivity index (χ3n) is 4.35. The van der Waals surface area contributed by atoms with Crippen molar-refractivity contribution < 1.29 is 13.2 Å². The number of likely N-dealkylation sites (tertiary alicyclic amines) is 1. The van der Waals surface area contributed by atoms with Gasteiger partial charge in [0.2, 0.25) is 0 Å². The zero-order chi connectivity index (χ0) is 16.1. The van der Waals surface area contributed by atoms with Crippen LogP contribution in [0.2, 0.25) is 0 Å². The maximum Gasteiger partial charge on any atom is 0.418 e. The normalized spacial score (nSPS) is 20.4. The summed E-state index contributed by atoms with van der Waals surface area (Å²) in [5, 5.41) is 0. The van der Waals surface area contributed by atoms with Crippen LogP contribution in [0, 0.1) is 0 Å². The minimum atomic E-state index is -4.48. The molecule has 22 heavy (non-hydrogen) atoms. The van der Waals surface area contributed by atoms with E-state index >= 15 is 0 Å². The van der Waals surface area contributed by atoms with E-state index < -0.39 is 17.4 Å². The Morgan fingerprint density at radius 2 is 2.05 bits per heavy atom. The predicted octanol–water partition coefficient (Wildman–Crippen LogP) is 3.00. The molecule has 1 fully saturated rings. The fraction of sp³-hybridized carbons (Fsp3) is 0.533. The molecule has 1 atom stereocenters. The Morgan fingerprint density at radius 3 is 2.64 bits per heavy atom. The van der Waals surface area contributed by atoms with Gasteiger partial charge in [0, 0.05) is 19.1 Å². The second-order valence-corrected chi connectivity index (χ2v) is 6.03. The third kappa shape index (κ3) is 2.43. The highest BCUT2D eigenvalue weighted by Crippen LogP contribution is 2.34. The van der Waals surface area contributed by atoms with Gasteiger partial charge >= 0.3 is 11.9 Å². The van der Waals surface area contributed by atoms with Crippen LogP contribution >= 0.6 is 0 Å². The number of nitrogens with zero attached hydrogens (tertiary/aromatic N) is 2. The first-order valence-corrected chi connectivity index (χ1v) is 7.33. The second kappa shape index (κ2) is 5.15. The highest BCUT2D eigenvalue weighted by molar-refractivity contribution is 5.79. The van der Waals surface area contributed by atoms with Gasteiger partial charge in [-0.1, -0.05) is 6.07 Å². The van der Waals surface area contributed by atoms with E-state index in [0.717, 1.165) is 19.0 Å². The first-order chi connectivity index (χ1) is 10.3. The number of halogens is 3. The first kappa shape index (κ1) is 15.1. The van der Waals surface area contributed by atoms with Gasteiger partial charge in [-0.3, -0.25) is 9.47 Å². The third-order valence-corrected chi connectivity index (χ3v) is 4.35. The highest BCUT2D eigenvalue weighted by Gasteiger charge is 2.35. The molecule has 3 rings (SSSR count). The van der Waals surface area contributed by atoms with Gasteiger partial charge in [0.25, 0.3) is 0 Å². The SMILES string of the molecule is CC(C)N1CCC(n2c(=O)[nH]c3c(C(F)(F)F)cccc32)C1. The van der Waals surface area contributed by atoms with E-state index in [0.29, 0.717) is 18.1 Å². The van der Waals surface area contributed by atoms with Crippen molar-refractivity contribution in [2.45, 2.75) is 38.5 Å². The van der Waals surface area contributed by atoms with E-state index in [1.165, 1.54) is 10.6 Å². The smallest absolute Gasteiger partial charge is 0.305 e. The maximum absolute atomic E-state index is 13.1. The zero-order valence-electron chi connectivity index (χ0n) is 12.4. The molecule has 0 aliphatic carbocycles. The number of nitrogens with one attached hydrogen (secondary N) is 1. The van der Waals surface area contributed by atoms with Crippen LogP contribution in [0.15, 0.2) is 23.0 Å². The number of benzene rings is 1. The molecule has 1 aliphatic heterocycles. The van der Waals surface area contributed by atoms with Crippen molar-refractivity contribution in [1.29, 1.82) is 0 Å². The number of para-hydroxylation sites is 1. The van der Waals surface area contributed by atoms with Crippen LogP contribution in [0.5, 0.6) is 0 Å². The molecular weight excluding hydrogens is 295 g/mol. The Balaban J connectivity index is 2.09. The molecule has 120 valence electrons. The summed E-state index contributed by atoms with van der Waals surface area (Å²) in [5.41, 5.74) is -1.06. The quantitative estimate of drug-likeness (QED) is 0.926. The van der Waals surface area contributed by atoms with Gasteiger partial charge in [-0.05, 0) is 32.4 Å². The number of imidazole rings is 1. The van der Waals surface area contributed by atoms with Gasteiger partial charge in [-0.2, -0.15) is 13.2 Å². The minimum Gasteiger partial charge on any atom is -0.305 e. The summed E-state index contributed by atoms with van der Waals surface area (Å²) in [6, 6.07) is 4.19. The summed E-state index contributed by atoms with van der Waals surface area (Å²) in [5.74, 6) is 0. The number of rotatable bonds is 2. The molecule has 0 saturated carbocycles. The number of hydrogen-bond donors (Lipinski definition) is 1. The summed E-state index contributed by atoms with van der Waals surface area (Å²) in [7, 11) is 0. The van der Waals surface area contributed by atoms with Crippen LogP contribution in [-0.2, 0) is 6.18 Å². The molecule has 2 aromatic rings. The summed E-state index contributed by atoms with van der Waals surface area (Å²) in [6.45, 7) is 5.67. The fourth-order valence-electron chi connectivity index (χ4n) is 3.20. The molecule has 1 unspecified atom stereocenters. The number of hydrogen-bond acceptors (Lipinski definition) is 2. The number of fused-ring (bicyclic) bond motifs is 1. The lowest BCUT2D eigenvalue weighted by atomic mass is 10.1. The van der Waals surface area contributed by atoms with Gasteiger partial charge in [-0.25, -0.2) is 4.79 Å². The Hall–Kier alpha value is -1.76. The molecule has 4 nitrogen and oxygen atoms in total. The molecule has 2 heterocycles. The Morgan fingerprint density at radius 1 is 1.32 bits per heavy atom. The van der Waals surface area contributed by atoms with E-state index in [1.807, 2.05) is 0 Å². The number of aromatic amines is 1. The van der Waals surface area contributed by atoms with Gasteiger partial charge in [0.05, 0.1) is 22.6 Å². The molecule has 1 saturated heterocycles. The van der Waals surface area contributed by atoms with Gasteiger partial charge in [0.1, 0.15) is 0 Å². The van der Waals surface area contributed by atoms with Crippen molar-refractivity contribution in [2.75, 3.05) is 13.1 Å². The second-order valence-electron chi connectivity index (χ2n) is 6.03. The average Bonchev–Trinajstić information content (AvgIpc) is 2.99. The lowest BCUT2D eigenvalue weighted by Gasteiger charge is -2.20. The van der Waals surface area contributed by atoms with Crippen molar-refractivity contribution >= 4 is 11.0 Å². The van der Waals surface area contributed by atoms with E-state index in [1.54, 1.807) is 6.07 Å². The van der Waals surface area contributed by atoms with Crippen LogP contribution in [-0.4, -0.2) is 33.6 Å². The predicted molar refractivity (Wildman–Crippen MR) is 77.9 cm³/mol. The maximum atomic E-state index is 13.1. The number of alkyl halides is 3. The molecule has 1 aliphatic rings. The van der Waals surface area contributed by atoms with Crippen LogP contribution in [0.4, 0.5) is 13.2 Å². The van der Waals surface area contributed by atoms with E-state index in [2.05, 4.69) is 23.7 Å². The molecule has 0 spiro atoms. The molecule has 1 aromatic carbocycles. The lowest BCUT2D eigenvalue weighted by Crippen LogP contribution is -2.30. The molecule has 0 radical (unpaired) electrons. The Bertz CT molecular complexity index is 745. The van der Waals surface area contributed by atoms with Crippen LogP contribution < -0.4 is 5.69 Å².